The molecule has 0 saturated carbocycles. The molecule has 130 valence electrons. The molecule has 0 aliphatic carbocycles. The van der Waals surface area contributed by atoms with Crippen molar-refractivity contribution in [1.29, 1.82) is 0 Å². The second kappa shape index (κ2) is 6.72. The third-order valence-electron chi connectivity index (χ3n) is 4.16. The summed E-state index contributed by atoms with van der Waals surface area (Å²) in [6.45, 7) is 3.52. The molecular formula is C19H19NO4S. The minimum absolute atomic E-state index is 0.165. The number of rotatable bonds is 5. The van der Waals surface area contributed by atoms with E-state index in [1.54, 1.807) is 45.2 Å². The van der Waals surface area contributed by atoms with Gasteiger partial charge in [0.15, 0.2) is 11.5 Å². The summed E-state index contributed by atoms with van der Waals surface area (Å²) in [6.07, 6.45) is 0. The predicted molar refractivity (Wildman–Crippen MR) is 97.0 cm³/mol. The number of thiophene rings is 1. The highest BCUT2D eigenvalue weighted by Gasteiger charge is 2.45. The fourth-order valence-electron chi connectivity index (χ4n) is 2.89. The second-order valence-electron chi connectivity index (χ2n) is 6.07. The first-order valence-electron chi connectivity index (χ1n) is 7.94. The van der Waals surface area contributed by atoms with Crippen LogP contribution in [0.4, 0.5) is 5.69 Å². The zero-order chi connectivity index (χ0) is 18.1. The maximum absolute atomic E-state index is 12.7. The molecule has 1 amide bonds. The van der Waals surface area contributed by atoms with Gasteiger partial charge in [0.1, 0.15) is 11.8 Å². The molecule has 1 atom stereocenters. The fourth-order valence-corrected chi connectivity index (χ4v) is 3.72. The van der Waals surface area contributed by atoms with Crippen molar-refractivity contribution < 1.29 is 19.4 Å². The lowest BCUT2D eigenvalue weighted by molar-refractivity contribution is -0.119. The molecule has 1 aromatic carbocycles. The number of amides is 1. The Bertz CT molecular complexity index is 822. The summed E-state index contributed by atoms with van der Waals surface area (Å²) in [6, 6.07) is 10.1. The van der Waals surface area contributed by atoms with E-state index in [1.165, 1.54) is 16.2 Å². The number of ether oxygens (including phenoxy) is 1. The van der Waals surface area contributed by atoms with Crippen molar-refractivity contribution >= 4 is 28.7 Å². The Balaban J connectivity index is 2.11. The van der Waals surface area contributed by atoms with Crippen LogP contribution in [0.2, 0.25) is 0 Å². The summed E-state index contributed by atoms with van der Waals surface area (Å²) in [5.74, 6) is -0.900. The number of ketones is 1. The second-order valence-corrected chi connectivity index (χ2v) is 7.05. The molecule has 0 radical (unpaired) electrons. The minimum atomic E-state index is -0.615. The first-order valence-corrected chi connectivity index (χ1v) is 8.82. The van der Waals surface area contributed by atoms with E-state index in [0.717, 1.165) is 4.88 Å². The Morgan fingerprint density at radius 1 is 1.24 bits per heavy atom. The average Bonchev–Trinajstić information content (AvgIpc) is 3.22. The molecular weight excluding hydrogens is 338 g/mol. The molecule has 1 N–H and O–H groups in total. The SMILES string of the molecule is COc1ccc(N2C(=O)C(O)=C(C(=O)C(C)C)C2c2cccs2)cc1. The first kappa shape index (κ1) is 17.2. The van der Waals surface area contributed by atoms with Gasteiger partial charge in [0.25, 0.3) is 5.91 Å². The fraction of sp³-hybridized carbons (Fsp3) is 0.263. The van der Waals surface area contributed by atoms with Crippen LogP contribution in [-0.4, -0.2) is 23.9 Å². The topological polar surface area (TPSA) is 66.8 Å². The Morgan fingerprint density at radius 2 is 1.92 bits per heavy atom. The van der Waals surface area contributed by atoms with E-state index >= 15 is 0 Å². The lowest BCUT2D eigenvalue weighted by Crippen LogP contribution is -2.30. The number of aliphatic hydroxyl groups excluding tert-OH is 1. The largest absolute Gasteiger partial charge is 0.503 e. The van der Waals surface area contributed by atoms with Gasteiger partial charge in [-0.15, -0.1) is 11.3 Å². The van der Waals surface area contributed by atoms with Gasteiger partial charge in [-0.2, -0.15) is 0 Å². The number of benzene rings is 1. The van der Waals surface area contributed by atoms with Gasteiger partial charge in [-0.1, -0.05) is 19.9 Å². The van der Waals surface area contributed by atoms with Crippen molar-refractivity contribution in [2.24, 2.45) is 5.92 Å². The molecule has 1 aromatic heterocycles. The molecule has 1 aliphatic heterocycles. The summed E-state index contributed by atoms with van der Waals surface area (Å²) in [5, 5.41) is 12.3. The van der Waals surface area contributed by atoms with E-state index in [0.29, 0.717) is 11.4 Å². The van der Waals surface area contributed by atoms with Crippen molar-refractivity contribution in [3.8, 4) is 5.75 Å². The van der Waals surface area contributed by atoms with Gasteiger partial charge in [0.2, 0.25) is 0 Å². The molecule has 3 rings (SSSR count). The van der Waals surface area contributed by atoms with Gasteiger partial charge in [0.05, 0.1) is 12.7 Å². The summed E-state index contributed by atoms with van der Waals surface area (Å²) < 4.78 is 5.15. The highest BCUT2D eigenvalue weighted by Crippen LogP contribution is 2.43. The quantitative estimate of drug-likeness (QED) is 0.882. The zero-order valence-electron chi connectivity index (χ0n) is 14.2. The Labute approximate surface area is 150 Å². The van der Waals surface area contributed by atoms with E-state index in [9.17, 15) is 14.7 Å². The molecule has 0 saturated heterocycles. The predicted octanol–water partition coefficient (Wildman–Crippen LogP) is 3.88. The molecule has 1 unspecified atom stereocenters. The summed E-state index contributed by atoms with van der Waals surface area (Å²) in [4.78, 5) is 27.7. The lowest BCUT2D eigenvalue weighted by atomic mass is 9.94. The Hall–Kier alpha value is -2.60. The number of Topliss-reactive ketones (excluding diaryl/α,β-unsaturated/α-hetero) is 1. The van der Waals surface area contributed by atoms with Crippen LogP contribution in [0, 0.1) is 5.92 Å². The maximum atomic E-state index is 12.7. The number of methoxy groups -OCH3 is 1. The number of nitrogens with zero attached hydrogens (tertiary/aromatic N) is 1. The van der Waals surface area contributed by atoms with Crippen LogP contribution in [0.25, 0.3) is 0 Å². The van der Waals surface area contributed by atoms with Gasteiger partial charge in [0, 0.05) is 16.5 Å². The highest BCUT2D eigenvalue weighted by molar-refractivity contribution is 7.10. The number of aliphatic hydroxyl groups is 1. The number of hydrogen-bond acceptors (Lipinski definition) is 5. The smallest absolute Gasteiger partial charge is 0.294 e. The van der Waals surface area contributed by atoms with Crippen LogP contribution in [0.15, 0.2) is 53.1 Å². The minimum Gasteiger partial charge on any atom is -0.503 e. The average molecular weight is 357 g/mol. The van der Waals surface area contributed by atoms with Crippen LogP contribution in [-0.2, 0) is 9.59 Å². The third-order valence-corrected chi connectivity index (χ3v) is 5.09. The monoisotopic (exact) mass is 357 g/mol. The van der Waals surface area contributed by atoms with Crippen LogP contribution in [0.5, 0.6) is 5.75 Å². The van der Waals surface area contributed by atoms with Crippen molar-refractivity contribution in [1.82, 2.24) is 0 Å². The molecule has 2 heterocycles. The lowest BCUT2D eigenvalue weighted by Gasteiger charge is -2.26. The molecule has 6 heteroatoms. The number of carbonyl (C=O) groups is 2. The standard InChI is InChI=1S/C19H19NO4S/c1-11(2)17(21)15-16(14-5-4-10-25-14)20(19(23)18(15)22)12-6-8-13(24-3)9-7-12/h4-11,16,22H,1-3H3. The van der Waals surface area contributed by atoms with Crippen molar-refractivity contribution in [3.63, 3.8) is 0 Å². The van der Waals surface area contributed by atoms with Gasteiger partial charge < -0.3 is 9.84 Å². The van der Waals surface area contributed by atoms with Gasteiger partial charge in [-0.25, -0.2) is 0 Å². The third kappa shape index (κ3) is 2.93. The van der Waals surface area contributed by atoms with Crippen LogP contribution in [0.1, 0.15) is 24.8 Å². The summed E-state index contributed by atoms with van der Waals surface area (Å²) >= 11 is 1.45. The Morgan fingerprint density at radius 3 is 2.44 bits per heavy atom. The van der Waals surface area contributed by atoms with E-state index < -0.39 is 17.7 Å². The number of hydrogen-bond donors (Lipinski definition) is 1. The molecule has 1 aliphatic rings. The van der Waals surface area contributed by atoms with Crippen molar-refractivity contribution in [3.05, 3.63) is 58.0 Å². The van der Waals surface area contributed by atoms with Gasteiger partial charge >= 0.3 is 0 Å². The molecule has 25 heavy (non-hydrogen) atoms. The van der Waals surface area contributed by atoms with Crippen molar-refractivity contribution in [2.75, 3.05) is 12.0 Å². The molecule has 0 bridgehead atoms. The summed E-state index contributed by atoms with van der Waals surface area (Å²) in [5.41, 5.74) is 0.764. The van der Waals surface area contributed by atoms with Crippen LogP contribution >= 0.6 is 11.3 Å². The highest BCUT2D eigenvalue weighted by atomic mass is 32.1. The maximum Gasteiger partial charge on any atom is 0.294 e. The molecule has 0 fully saturated rings. The van der Waals surface area contributed by atoms with E-state index in [-0.39, 0.29) is 17.3 Å². The molecule has 5 nitrogen and oxygen atoms in total. The number of carbonyl (C=O) groups excluding carboxylic acids is 2. The van der Waals surface area contributed by atoms with Crippen molar-refractivity contribution in [2.45, 2.75) is 19.9 Å². The first-order chi connectivity index (χ1) is 12.0. The van der Waals surface area contributed by atoms with Crippen LogP contribution in [0.3, 0.4) is 0 Å². The summed E-state index contributed by atoms with van der Waals surface area (Å²) in [7, 11) is 1.57. The van der Waals surface area contributed by atoms with E-state index in [4.69, 9.17) is 4.74 Å². The Kier molecular flexibility index (Phi) is 4.63. The van der Waals surface area contributed by atoms with Gasteiger partial charge in [-0.3, -0.25) is 14.5 Å². The molecule has 2 aromatic rings. The normalized spacial score (nSPS) is 17.5. The number of anilines is 1. The van der Waals surface area contributed by atoms with Gasteiger partial charge in [-0.05, 0) is 35.7 Å². The molecule has 0 spiro atoms. The van der Waals surface area contributed by atoms with Crippen LogP contribution < -0.4 is 9.64 Å². The zero-order valence-corrected chi connectivity index (χ0v) is 15.0. The van der Waals surface area contributed by atoms with E-state index in [1.807, 2.05) is 17.5 Å². The van der Waals surface area contributed by atoms with E-state index in [2.05, 4.69) is 0 Å².